The van der Waals surface area contributed by atoms with Gasteiger partial charge in [0.25, 0.3) is 0 Å². The molecule has 2 fully saturated rings. The largest absolute Gasteiger partial charge is 0.480 e. The molecule has 5 rings (SSSR count). The SMILES string of the molecule is CC(C)=CC[C@@H]1NC(=O)C2CCCN2C(=O)[C@@H](NC(=O)OCC2c3ccccc3-c3ccccc32)CCCC[C@@H](C(=O)O)NC(=O)[C@H](CCCNC(=N)N)NC1=O. The van der Waals surface area contributed by atoms with Crippen LogP contribution in [0.15, 0.2) is 60.2 Å². The summed E-state index contributed by atoms with van der Waals surface area (Å²) in [7, 11) is 0. The van der Waals surface area contributed by atoms with Gasteiger partial charge in [-0.15, -0.1) is 0 Å². The van der Waals surface area contributed by atoms with Crippen molar-refractivity contribution in [3.05, 3.63) is 71.3 Å². The highest BCUT2D eigenvalue weighted by Gasteiger charge is 2.40. The Balaban J connectivity index is 1.36. The van der Waals surface area contributed by atoms with Gasteiger partial charge in [0.1, 0.15) is 36.8 Å². The first-order chi connectivity index (χ1) is 27.3. The van der Waals surface area contributed by atoms with Gasteiger partial charge in [-0.2, -0.15) is 0 Å². The van der Waals surface area contributed by atoms with E-state index in [1.165, 1.54) is 4.90 Å². The van der Waals surface area contributed by atoms with Crippen molar-refractivity contribution in [2.24, 2.45) is 5.73 Å². The van der Waals surface area contributed by atoms with E-state index in [2.05, 4.69) is 26.6 Å². The van der Waals surface area contributed by atoms with Crippen LogP contribution in [0, 0.1) is 5.41 Å². The van der Waals surface area contributed by atoms with Gasteiger partial charge in [0.2, 0.25) is 23.6 Å². The number of carbonyl (C=O) groups excluding carboxylic acids is 5. The Morgan fingerprint density at radius 2 is 1.53 bits per heavy atom. The van der Waals surface area contributed by atoms with Crippen molar-refractivity contribution < 1.29 is 38.6 Å². The summed E-state index contributed by atoms with van der Waals surface area (Å²) in [5, 5.41) is 30.9. The monoisotopic (exact) mass is 786 g/mol. The number of allylic oxidation sites excluding steroid dienone is 1. The summed E-state index contributed by atoms with van der Waals surface area (Å²) in [5.74, 6) is -4.17. The molecule has 1 aliphatic carbocycles. The van der Waals surface area contributed by atoms with Crippen LogP contribution >= 0.6 is 0 Å². The Bertz CT molecular complexity index is 1820. The summed E-state index contributed by atoms with van der Waals surface area (Å²) in [4.78, 5) is 82.7. The second-order valence-electron chi connectivity index (χ2n) is 15.0. The molecule has 3 aliphatic rings. The highest BCUT2D eigenvalue weighted by molar-refractivity contribution is 5.96. The summed E-state index contributed by atoms with van der Waals surface area (Å²) in [6.45, 7) is 4.18. The molecule has 5 atom stereocenters. The number of fused-ring (bicyclic) bond motifs is 4. The van der Waals surface area contributed by atoms with E-state index in [-0.39, 0.29) is 63.7 Å². The molecule has 0 bridgehead atoms. The number of benzene rings is 2. The van der Waals surface area contributed by atoms with Crippen molar-refractivity contribution >= 4 is 41.7 Å². The number of hydrogen-bond acceptors (Lipinski definition) is 8. The van der Waals surface area contributed by atoms with Gasteiger partial charge in [0.05, 0.1) is 0 Å². The third kappa shape index (κ3) is 11.1. The van der Waals surface area contributed by atoms with E-state index in [9.17, 15) is 33.9 Å². The van der Waals surface area contributed by atoms with E-state index in [1.54, 1.807) is 6.08 Å². The first-order valence-electron chi connectivity index (χ1n) is 19.6. The molecule has 0 saturated carbocycles. The standard InChI is InChI=1S/C41H54N8O8/c1-24(2)19-20-31-36(51)45-30(17-9-21-44-40(42)43)35(50)47-33(39(54)55)16-8-7-15-32(38(53)49-22-10-18-34(49)37(52)46-31)48-41(56)57-23-29-27-13-5-3-11-25(27)26-12-4-6-14-28(26)29/h3-6,11-14,19,29-34H,7-10,15-18,20-23H2,1-2H3,(H,45,51)(H,46,52)(H,47,50)(H,48,56)(H,54,55)(H4,42,43,44)/t30-,31-,32-,33-,34?/m0/s1. The minimum atomic E-state index is -1.31. The molecular weight excluding hydrogens is 732 g/mol. The predicted molar refractivity (Wildman–Crippen MR) is 212 cm³/mol. The van der Waals surface area contributed by atoms with E-state index in [0.717, 1.165) is 27.8 Å². The Labute approximate surface area is 332 Å². The van der Waals surface area contributed by atoms with Crippen molar-refractivity contribution in [3.63, 3.8) is 0 Å². The summed E-state index contributed by atoms with van der Waals surface area (Å²) >= 11 is 0. The normalized spacial score (nSPS) is 23.1. The summed E-state index contributed by atoms with van der Waals surface area (Å²) < 4.78 is 5.77. The number of hydrogen-bond donors (Lipinski definition) is 8. The number of rotatable bonds is 10. The van der Waals surface area contributed by atoms with Crippen LogP contribution in [0.2, 0.25) is 0 Å². The lowest BCUT2D eigenvalue weighted by molar-refractivity contribution is -0.142. The van der Waals surface area contributed by atoms with Crippen LogP contribution in [0.1, 0.15) is 88.7 Å². The summed E-state index contributed by atoms with van der Waals surface area (Å²) in [6, 6.07) is 10.2. The number of amides is 5. The van der Waals surface area contributed by atoms with Gasteiger partial charge in [0.15, 0.2) is 5.96 Å². The number of ether oxygens (including phenoxy) is 1. The number of nitrogens with zero attached hydrogens (tertiary/aromatic N) is 1. The fourth-order valence-electron chi connectivity index (χ4n) is 7.69. The number of carboxylic acids is 1. The van der Waals surface area contributed by atoms with Gasteiger partial charge in [-0.1, -0.05) is 73.0 Å². The maximum atomic E-state index is 14.2. The zero-order valence-corrected chi connectivity index (χ0v) is 32.5. The second-order valence-corrected chi connectivity index (χ2v) is 15.0. The van der Waals surface area contributed by atoms with Crippen LogP contribution in [0.4, 0.5) is 4.79 Å². The zero-order chi connectivity index (χ0) is 41.1. The quantitative estimate of drug-likeness (QED) is 0.0757. The number of aliphatic carboxylic acids is 1. The molecule has 0 spiro atoms. The van der Waals surface area contributed by atoms with E-state index in [0.29, 0.717) is 25.7 Å². The lowest BCUT2D eigenvalue weighted by atomic mass is 9.98. The highest BCUT2D eigenvalue weighted by atomic mass is 16.5. The fourth-order valence-corrected chi connectivity index (χ4v) is 7.69. The molecule has 306 valence electrons. The molecule has 57 heavy (non-hydrogen) atoms. The van der Waals surface area contributed by atoms with Crippen LogP contribution in [-0.2, 0) is 28.7 Å². The first-order valence-corrected chi connectivity index (χ1v) is 19.6. The Morgan fingerprint density at radius 1 is 0.895 bits per heavy atom. The molecule has 2 heterocycles. The van der Waals surface area contributed by atoms with Gasteiger partial charge in [0, 0.05) is 19.0 Å². The number of guanidine groups is 1. The van der Waals surface area contributed by atoms with Crippen LogP contribution < -0.4 is 32.3 Å². The topological polar surface area (TPSA) is 245 Å². The van der Waals surface area contributed by atoms with Crippen LogP contribution in [-0.4, -0.2) is 102 Å². The zero-order valence-electron chi connectivity index (χ0n) is 32.5. The molecule has 16 heteroatoms. The Kier molecular flexibility index (Phi) is 14.7. The van der Waals surface area contributed by atoms with E-state index in [1.807, 2.05) is 62.4 Å². The number of nitrogens with one attached hydrogen (secondary N) is 6. The lowest BCUT2D eigenvalue weighted by Crippen LogP contribution is -2.58. The third-order valence-electron chi connectivity index (χ3n) is 10.6. The Morgan fingerprint density at radius 3 is 2.18 bits per heavy atom. The first kappa shape index (κ1) is 42.2. The van der Waals surface area contributed by atoms with E-state index < -0.39 is 65.9 Å². The third-order valence-corrected chi connectivity index (χ3v) is 10.6. The van der Waals surface area contributed by atoms with E-state index in [4.69, 9.17) is 15.9 Å². The maximum Gasteiger partial charge on any atom is 0.407 e. The molecule has 16 nitrogen and oxygen atoms in total. The Hall–Kier alpha value is -5.93. The molecule has 0 aromatic heterocycles. The minimum absolute atomic E-state index is 0.00899. The van der Waals surface area contributed by atoms with Gasteiger partial charge in [-0.3, -0.25) is 24.6 Å². The molecule has 9 N–H and O–H groups in total. The summed E-state index contributed by atoms with van der Waals surface area (Å²) in [5.41, 5.74) is 10.5. The van der Waals surface area contributed by atoms with Crippen molar-refractivity contribution in [2.45, 2.75) is 108 Å². The highest BCUT2D eigenvalue weighted by Crippen LogP contribution is 2.44. The van der Waals surface area contributed by atoms with Crippen molar-refractivity contribution in [1.29, 1.82) is 5.41 Å². The smallest absolute Gasteiger partial charge is 0.407 e. The molecule has 2 saturated heterocycles. The molecule has 2 aromatic rings. The molecular formula is C41H54N8O8. The second kappa shape index (κ2) is 19.8. The lowest BCUT2D eigenvalue weighted by Gasteiger charge is -2.30. The molecule has 1 unspecified atom stereocenters. The van der Waals surface area contributed by atoms with Crippen LogP contribution in [0.25, 0.3) is 11.1 Å². The van der Waals surface area contributed by atoms with Crippen molar-refractivity contribution in [2.75, 3.05) is 19.7 Å². The van der Waals surface area contributed by atoms with E-state index >= 15 is 0 Å². The fraction of sp³-hybridized carbons (Fsp3) is 0.488. The average Bonchev–Trinajstić information content (AvgIpc) is 3.80. The van der Waals surface area contributed by atoms with Crippen molar-refractivity contribution in [3.8, 4) is 11.1 Å². The number of nitrogens with two attached hydrogens (primary N) is 1. The number of alkyl carbamates (subject to hydrolysis) is 1. The molecule has 5 amide bonds. The van der Waals surface area contributed by atoms with Crippen LogP contribution in [0.3, 0.4) is 0 Å². The van der Waals surface area contributed by atoms with Gasteiger partial charge in [-0.25, -0.2) is 9.59 Å². The summed E-state index contributed by atoms with van der Waals surface area (Å²) in [6.07, 6.45) is 2.98. The van der Waals surface area contributed by atoms with Gasteiger partial charge < -0.3 is 47.1 Å². The maximum absolute atomic E-state index is 14.2. The van der Waals surface area contributed by atoms with Crippen molar-refractivity contribution in [1.82, 2.24) is 31.5 Å². The van der Waals surface area contributed by atoms with Gasteiger partial charge in [-0.05, 0) is 81.0 Å². The average molecular weight is 787 g/mol. The van der Waals surface area contributed by atoms with Crippen LogP contribution in [0.5, 0.6) is 0 Å². The molecule has 2 aromatic carbocycles. The number of carbonyl (C=O) groups is 6. The minimum Gasteiger partial charge on any atom is -0.480 e. The predicted octanol–water partition coefficient (Wildman–Crippen LogP) is 2.62. The molecule has 0 radical (unpaired) electrons. The van der Waals surface area contributed by atoms with Gasteiger partial charge >= 0.3 is 12.1 Å². The molecule has 2 aliphatic heterocycles. The number of carboxylic acid groups (broad SMARTS) is 1.